The summed E-state index contributed by atoms with van der Waals surface area (Å²) in [7, 11) is 0. The first-order valence-corrected chi connectivity index (χ1v) is 5.98. The standard InChI is InChI=1S/C11H10Cl2N4/c1-3-6(2)8-9(12)16-11-7(4-14)5-15-17(11)10(8)13/h5-6H,3H2,1-2H3. The van der Waals surface area contributed by atoms with Gasteiger partial charge in [0, 0.05) is 5.56 Å². The van der Waals surface area contributed by atoms with E-state index in [-0.39, 0.29) is 5.92 Å². The molecular weight excluding hydrogens is 259 g/mol. The summed E-state index contributed by atoms with van der Waals surface area (Å²) in [5.41, 5.74) is 1.54. The number of hydrogen-bond donors (Lipinski definition) is 0. The van der Waals surface area contributed by atoms with Gasteiger partial charge in [-0.3, -0.25) is 0 Å². The van der Waals surface area contributed by atoms with Crippen LogP contribution in [-0.4, -0.2) is 14.6 Å². The summed E-state index contributed by atoms with van der Waals surface area (Å²) in [6, 6.07) is 2.00. The highest BCUT2D eigenvalue weighted by molar-refractivity contribution is 6.35. The Bertz CT molecular complexity index is 612. The molecule has 2 rings (SSSR count). The fourth-order valence-corrected chi connectivity index (χ4v) is 2.44. The second-order valence-electron chi connectivity index (χ2n) is 3.82. The maximum atomic E-state index is 8.90. The first-order valence-electron chi connectivity index (χ1n) is 5.22. The molecule has 2 aromatic rings. The van der Waals surface area contributed by atoms with Crippen molar-refractivity contribution in [2.45, 2.75) is 26.2 Å². The number of rotatable bonds is 2. The van der Waals surface area contributed by atoms with E-state index in [9.17, 15) is 0 Å². The Kier molecular flexibility index (Phi) is 3.23. The molecule has 2 heterocycles. The minimum Gasteiger partial charge on any atom is -0.215 e. The third kappa shape index (κ3) is 1.86. The van der Waals surface area contributed by atoms with Gasteiger partial charge in [-0.2, -0.15) is 10.4 Å². The second-order valence-corrected chi connectivity index (χ2v) is 4.54. The highest BCUT2D eigenvalue weighted by Crippen LogP contribution is 2.32. The van der Waals surface area contributed by atoms with Gasteiger partial charge in [0.1, 0.15) is 21.9 Å². The molecular formula is C11H10Cl2N4. The molecule has 88 valence electrons. The van der Waals surface area contributed by atoms with Crippen LogP contribution in [0, 0.1) is 11.3 Å². The molecule has 1 unspecified atom stereocenters. The Morgan fingerprint density at radius 2 is 2.24 bits per heavy atom. The monoisotopic (exact) mass is 268 g/mol. The van der Waals surface area contributed by atoms with Crippen molar-refractivity contribution in [1.82, 2.24) is 14.6 Å². The molecule has 0 aliphatic heterocycles. The van der Waals surface area contributed by atoms with Gasteiger partial charge >= 0.3 is 0 Å². The second kappa shape index (κ2) is 4.52. The average Bonchev–Trinajstić information content (AvgIpc) is 2.71. The third-order valence-electron chi connectivity index (χ3n) is 2.80. The van der Waals surface area contributed by atoms with E-state index >= 15 is 0 Å². The number of nitriles is 1. The van der Waals surface area contributed by atoms with Crippen molar-refractivity contribution in [3.63, 3.8) is 0 Å². The Morgan fingerprint density at radius 1 is 1.53 bits per heavy atom. The van der Waals surface area contributed by atoms with Crippen molar-refractivity contribution < 1.29 is 0 Å². The average molecular weight is 269 g/mol. The number of aromatic nitrogens is 3. The van der Waals surface area contributed by atoms with Gasteiger partial charge < -0.3 is 0 Å². The van der Waals surface area contributed by atoms with Crippen molar-refractivity contribution in [2.24, 2.45) is 0 Å². The largest absolute Gasteiger partial charge is 0.215 e. The van der Waals surface area contributed by atoms with Crippen LogP contribution in [0.2, 0.25) is 10.3 Å². The lowest BCUT2D eigenvalue weighted by Gasteiger charge is -2.13. The van der Waals surface area contributed by atoms with Gasteiger partial charge in [-0.05, 0) is 12.3 Å². The normalized spacial score (nSPS) is 12.6. The molecule has 0 N–H and O–H groups in total. The van der Waals surface area contributed by atoms with E-state index in [1.165, 1.54) is 10.7 Å². The molecule has 17 heavy (non-hydrogen) atoms. The van der Waals surface area contributed by atoms with Gasteiger partial charge in [-0.1, -0.05) is 37.0 Å². The zero-order valence-corrected chi connectivity index (χ0v) is 10.9. The van der Waals surface area contributed by atoms with Crippen LogP contribution in [0.25, 0.3) is 5.65 Å². The van der Waals surface area contributed by atoms with Gasteiger partial charge in [0.15, 0.2) is 5.65 Å². The fourth-order valence-electron chi connectivity index (χ4n) is 1.64. The number of hydrogen-bond acceptors (Lipinski definition) is 3. The molecule has 0 spiro atoms. The van der Waals surface area contributed by atoms with E-state index in [0.29, 0.717) is 21.5 Å². The predicted molar refractivity (Wildman–Crippen MR) is 66.4 cm³/mol. The summed E-state index contributed by atoms with van der Waals surface area (Å²) in [6.07, 6.45) is 2.34. The predicted octanol–water partition coefficient (Wildman–Crippen LogP) is 3.42. The molecule has 2 aromatic heterocycles. The van der Waals surface area contributed by atoms with Crippen molar-refractivity contribution in [3.05, 3.63) is 27.6 Å². The zero-order valence-electron chi connectivity index (χ0n) is 9.41. The Balaban J connectivity index is 2.78. The van der Waals surface area contributed by atoms with Crippen LogP contribution in [-0.2, 0) is 0 Å². The molecule has 6 heteroatoms. The zero-order chi connectivity index (χ0) is 12.6. The Morgan fingerprint density at radius 3 is 2.82 bits per heavy atom. The third-order valence-corrected chi connectivity index (χ3v) is 3.46. The topological polar surface area (TPSA) is 54.0 Å². The van der Waals surface area contributed by atoms with Gasteiger partial charge in [0.05, 0.1) is 6.20 Å². The minimum absolute atomic E-state index is 0.196. The summed E-state index contributed by atoms with van der Waals surface area (Å²) in [6.45, 7) is 4.07. The smallest absolute Gasteiger partial charge is 0.176 e. The molecule has 4 nitrogen and oxygen atoms in total. The van der Waals surface area contributed by atoms with E-state index in [1.54, 1.807) is 0 Å². The van der Waals surface area contributed by atoms with E-state index in [0.717, 1.165) is 12.0 Å². The SMILES string of the molecule is CCC(C)c1c(Cl)nc2c(C#N)cnn2c1Cl. The number of halogens is 2. The molecule has 0 aliphatic carbocycles. The first-order chi connectivity index (χ1) is 8.10. The molecule has 0 aliphatic rings. The maximum Gasteiger partial charge on any atom is 0.176 e. The molecule has 1 atom stereocenters. The molecule has 0 saturated carbocycles. The number of fused-ring (bicyclic) bond motifs is 1. The summed E-state index contributed by atoms with van der Waals surface area (Å²) in [4.78, 5) is 4.20. The molecule has 0 aromatic carbocycles. The summed E-state index contributed by atoms with van der Waals surface area (Å²) in [5, 5.41) is 13.7. The van der Waals surface area contributed by atoms with Crippen molar-refractivity contribution in [1.29, 1.82) is 5.26 Å². The first kappa shape index (κ1) is 12.2. The van der Waals surface area contributed by atoms with Crippen molar-refractivity contribution in [2.75, 3.05) is 0 Å². The Hall–Kier alpha value is -1.31. The summed E-state index contributed by atoms with van der Waals surface area (Å²) in [5.74, 6) is 0.196. The quantitative estimate of drug-likeness (QED) is 0.785. The molecule has 0 amide bonds. The van der Waals surface area contributed by atoms with Crippen LogP contribution in [0.4, 0.5) is 0 Å². The Labute approximate surface area is 109 Å². The van der Waals surface area contributed by atoms with Crippen LogP contribution in [0.1, 0.15) is 37.3 Å². The van der Waals surface area contributed by atoms with Crippen molar-refractivity contribution >= 4 is 28.8 Å². The lowest BCUT2D eigenvalue weighted by atomic mass is 10.0. The number of nitrogens with zero attached hydrogens (tertiary/aromatic N) is 4. The summed E-state index contributed by atoms with van der Waals surface area (Å²) >= 11 is 12.4. The van der Waals surface area contributed by atoms with Gasteiger partial charge in [-0.15, -0.1) is 0 Å². The van der Waals surface area contributed by atoms with E-state index in [2.05, 4.69) is 10.1 Å². The van der Waals surface area contributed by atoms with Crippen LogP contribution >= 0.6 is 23.2 Å². The van der Waals surface area contributed by atoms with Crippen LogP contribution < -0.4 is 0 Å². The minimum atomic E-state index is 0.196. The van der Waals surface area contributed by atoms with Crippen molar-refractivity contribution in [3.8, 4) is 6.07 Å². The highest BCUT2D eigenvalue weighted by Gasteiger charge is 2.19. The van der Waals surface area contributed by atoms with Crippen LogP contribution in [0.15, 0.2) is 6.20 Å². The van der Waals surface area contributed by atoms with Crippen LogP contribution in [0.3, 0.4) is 0 Å². The van der Waals surface area contributed by atoms with E-state index in [4.69, 9.17) is 28.5 Å². The van der Waals surface area contributed by atoms with E-state index in [1.807, 2.05) is 19.9 Å². The molecule has 0 saturated heterocycles. The lowest BCUT2D eigenvalue weighted by Crippen LogP contribution is -2.03. The fraction of sp³-hybridized carbons (Fsp3) is 0.364. The summed E-state index contributed by atoms with van der Waals surface area (Å²) < 4.78 is 1.45. The maximum absolute atomic E-state index is 8.90. The van der Waals surface area contributed by atoms with Gasteiger partial charge in [-0.25, -0.2) is 9.50 Å². The van der Waals surface area contributed by atoms with Gasteiger partial charge in [0.25, 0.3) is 0 Å². The van der Waals surface area contributed by atoms with E-state index < -0.39 is 0 Å². The molecule has 0 bridgehead atoms. The lowest BCUT2D eigenvalue weighted by molar-refractivity contribution is 0.718. The highest BCUT2D eigenvalue weighted by atomic mass is 35.5. The molecule has 0 fully saturated rings. The molecule has 0 radical (unpaired) electrons. The van der Waals surface area contributed by atoms with Crippen LogP contribution in [0.5, 0.6) is 0 Å². The van der Waals surface area contributed by atoms with Gasteiger partial charge in [0.2, 0.25) is 0 Å².